The summed E-state index contributed by atoms with van der Waals surface area (Å²) in [7, 11) is 0. The Bertz CT molecular complexity index is 1260. The quantitative estimate of drug-likeness (QED) is 0.457. The highest BCUT2D eigenvalue weighted by Gasteiger charge is 2.32. The Morgan fingerprint density at radius 3 is 2.22 bits per heavy atom. The first-order valence-corrected chi connectivity index (χ1v) is 10.1. The van der Waals surface area contributed by atoms with Crippen LogP contribution in [-0.2, 0) is 18.0 Å². The Morgan fingerprint density at radius 1 is 0.875 bits per heavy atom. The normalized spacial score (nSPS) is 12.4. The number of benzene rings is 3. The fourth-order valence-corrected chi connectivity index (χ4v) is 3.79. The summed E-state index contributed by atoms with van der Waals surface area (Å²) in [6.07, 6.45) is -4.15. The van der Waals surface area contributed by atoms with Crippen molar-refractivity contribution >= 4 is 11.0 Å². The molecule has 8 heteroatoms. The average Bonchev–Trinajstić information content (AvgIpc) is 3.18. The lowest BCUT2D eigenvalue weighted by atomic mass is 9.77. The van der Waals surface area contributed by atoms with Gasteiger partial charge in [0.15, 0.2) is 0 Å². The molecule has 32 heavy (non-hydrogen) atoms. The molecule has 0 radical (unpaired) electrons. The highest BCUT2D eigenvalue weighted by atomic mass is 19.4. The van der Waals surface area contributed by atoms with E-state index in [0.717, 1.165) is 28.1 Å². The zero-order valence-electron chi connectivity index (χ0n) is 17.6. The third-order valence-corrected chi connectivity index (χ3v) is 5.64. The van der Waals surface area contributed by atoms with Gasteiger partial charge in [0.1, 0.15) is 22.5 Å². The van der Waals surface area contributed by atoms with Crippen LogP contribution in [0.25, 0.3) is 16.7 Å². The van der Waals surface area contributed by atoms with Gasteiger partial charge in [0, 0.05) is 17.6 Å². The Kier molecular flexibility index (Phi) is 5.42. The number of halogens is 3. The average molecular weight is 441 g/mol. The molecule has 1 aromatic heterocycles. The summed E-state index contributed by atoms with van der Waals surface area (Å²) in [5.74, 6) is -0.0723. The van der Waals surface area contributed by atoms with Crippen molar-refractivity contribution in [3.05, 3.63) is 82.9 Å². The molecule has 0 amide bonds. The lowest BCUT2D eigenvalue weighted by Crippen LogP contribution is -2.20. The molecule has 0 bridgehead atoms. The van der Waals surface area contributed by atoms with E-state index < -0.39 is 17.2 Å². The van der Waals surface area contributed by atoms with Crippen LogP contribution in [0.15, 0.2) is 60.7 Å². The lowest BCUT2D eigenvalue weighted by Gasteiger charge is -2.28. The fraction of sp³-hybridized carbons (Fsp3) is 0.250. The van der Waals surface area contributed by atoms with Crippen LogP contribution in [0.5, 0.6) is 5.75 Å². The predicted octanol–water partition coefficient (Wildman–Crippen LogP) is 5.01. The zero-order chi connectivity index (χ0) is 23.1. The lowest BCUT2D eigenvalue weighted by molar-refractivity contribution is -0.137. The van der Waals surface area contributed by atoms with Crippen LogP contribution >= 0.6 is 0 Å². The van der Waals surface area contributed by atoms with Crippen molar-refractivity contribution in [2.75, 3.05) is 6.61 Å². The molecule has 2 N–H and O–H groups in total. The molecule has 0 aliphatic rings. The molecule has 0 saturated carbocycles. The van der Waals surface area contributed by atoms with Crippen LogP contribution in [0.3, 0.4) is 0 Å². The number of phenols is 1. The van der Waals surface area contributed by atoms with Gasteiger partial charge in [-0.3, -0.25) is 0 Å². The molecule has 0 spiro atoms. The predicted molar refractivity (Wildman–Crippen MR) is 115 cm³/mol. The minimum atomic E-state index is -4.49. The molecule has 0 atom stereocenters. The van der Waals surface area contributed by atoms with Crippen LogP contribution in [0, 0.1) is 0 Å². The highest BCUT2D eigenvalue weighted by molar-refractivity contribution is 5.75. The van der Waals surface area contributed by atoms with E-state index in [-0.39, 0.29) is 29.1 Å². The SMILES string of the molecule is CC(C)(c1ccccc1)c1cc(CCO)cc(-n2nc3ccc(C(F)(F)F)cc3n2)c1O. The van der Waals surface area contributed by atoms with Gasteiger partial charge in [-0.15, -0.1) is 15.0 Å². The van der Waals surface area contributed by atoms with Gasteiger partial charge in [0.25, 0.3) is 0 Å². The number of aliphatic hydroxyl groups is 1. The number of nitrogens with zero attached hydrogens (tertiary/aromatic N) is 3. The van der Waals surface area contributed by atoms with Crippen LogP contribution in [0.2, 0.25) is 0 Å². The van der Waals surface area contributed by atoms with Crippen LogP contribution in [0.1, 0.15) is 36.1 Å². The molecule has 1 heterocycles. The second-order valence-corrected chi connectivity index (χ2v) is 8.17. The summed E-state index contributed by atoms with van der Waals surface area (Å²) in [4.78, 5) is 1.14. The van der Waals surface area contributed by atoms with Gasteiger partial charge in [-0.1, -0.05) is 50.2 Å². The van der Waals surface area contributed by atoms with Crippen molar-refractivity contribution in [1.29, 1.82) is 0 Å². The number of aromatic hydroxyl groups is 1. The first-order chi connectivity index (χ1) is 15.1. The molecule has 0 aliphatic carbocycles. The summed E-state index contributed by atoms with van der Waals surface area (Å²) >= 11 is 0. The number of rotatable bonds is 5. The van der Waals surface area contributed by atoms with E-state index in [2.05, 4.69) is 10.2 Å². The van der Waals surface area contributed by atoms with Gasteiger partial charge in [-0.25, -0.2) is 0 Å². The molecule has 0 aliphatic heterocycles. The van der Waals surface area contributed by atoms with Gasteiger partial charge in [-0.05, 0) is 41.8 Å². The van der Waals surface area contributed by atoms with Crippen molar-refractivity contribution in [2.24, 2.45) is 0 Å². The van der Waals surface area contributed by atoms with E-state index in [1.807, 2.05) is 50.2 Å². The summed E-state index contributed by atoms with van der Waals surface area (Å²) in [6, 6.07) is 16.2. The third-order valence-electron chi connectivity index (χ3n) is 5.64. The molecule has 0 unspecified atom stereocenters. The Hall–Kier alpha value is -3.39. The number of aliphatic hydroxyl groups excluding tert-OH is 1. The maximum Gasteiger partial charge on any atom is 0.416 e. The van der Waals surface area contributed by atoms with Crippen molar-refractivity contribution in [2.45, 2.75) is 31.9 Å². The first-order valence-electron chi connectivity index (χ1n) is 10.1. The van der Waals surface area contributed by atoms with Gasteiger partial charge in [0.05, 0.1) is 5.56 Å². The molecule has 5 nitrogen and oxygen atoms in total. The van der Waals surface area contributed by atoms with Crippen molar-refractivity contribution < 1.29 is 23.4 Å². The molecule has 0 fully saturated rings. The molecule has 3 aromatic carbocycles. The minimum Gasteiger partial charge on any atom is -0.505 e. The number of alkyl halides is 3. The fourth-order valence-electron chi connectivity index (χ4n) is 3.79. The molecule has 166 valence electrons. The standard InChI is InChI=1S/C24H22F3N3O2/c1-23(2,16-6-4-3-5-7-16)18-12-15(10-11-31)13-21(22(18)32)30-28-19-9-8-17(24(25,26)27)14-20(19)29-30/h3-9,12-14,31-32H,10-11H2,1-2H3. The summed E-state index contributed by atoms with van der Waals surface area (Å²) < 4.78 is 39.2. The van der Waals surface area contributed by atoms with Gasteiger partial charge in [0.2, 0.25) is 0 Å². The molecule has 0 saturated heterocycles. The maximum absolute atomic E-state index is 13.1. The number of phenolic OH excluding ortho intramolecular Hbond substituents is 1. The van der Waals surface area contributed by atoms with E-state index in [9.17, 15) is 23.4 Å². The van der Waals surface area contributed by atoms with Gasteiger partial charge < -0.3 is 10.2 Å². The van der Waals surface area contributed by atoms with Crippen molar-refractivity contribution in [3.63, 3.8) is 0 Å². The smallest absolute Gasteiger partial charge is 0.416 e. The second-order valence-electron chi connectivity index (χ2n) is 8.17. The Morgan fingerprint density at radius 2 is 1.56 bits per heavy atom. The highest BCUT2D eigenvalue weighted by Crippen LogP contribution is 2.40. The largest absolute Gasteiger partial charge is 0.505 e. The molecule has 4 rings (SSSR count). The molecular weight excluding hydrogens is 419 g/mol. The van der Waals surface area contributed by atoms with Crippen molar-refractivity contribution in [1.82, 2.24) is 15.0 Å². The monoisotopic (exact) mass is 441 g/mol. The number of aromatic nitrogens is 3. The molecular formula is C24H22F3N3O2. The van der Waals surface area contributed by atoms with Crippen molar-refractivity contribution in [3.8, 4) is 11.4 Å². The Labute approximate surface area is 182 Å². The van der Waals surface area contributed by atoms with E-state index in [1.54, 1.807) is 6.07 Å². The maximum atomic E-state index is 13.1. The minimum absolute atomic E-state index is 0.0654. The number of hydrogen-bond donors (Lipinski definition) is 2. The van der Waals surface area contributed by atoms with Crippen LogP contribution in [0.4, 0.5) is 13.2 Å². The number of fused-ring (bicyclic) bond motifs is 1. The zero-order valence-corrected chi connectivity index (χ0v) is 17.6. The van der Waals surface area contributed by atoms with E-state index in [4.69, 9.17) is 0 Å². The summed E-state index contributed by atoms with van der Waals surface area (Å²) in [5, 5.41) is 29.2. The van der Waals surface area contributed by atoms with Crippen LogP contribution < -0.4 is 0 Å². The third kappa shape index (κ3) is 3.93. The van der Waals surface area contributed by atoms with Crippen LogP contribution in [-0.4, -0.2) is 31.8 Å². The molecule has 4 aromatic rings. The topological polar surface area (TPSA) is 71.2 Å². The first kappa shape index (κ1) is 21.8. The Balaban J connectivity index is 1.89. The van der Waals surface area contributed by atoms with Gasteiger partial charge in [-0.2, -0.15) is 13.2 Å². The van der Waals surface area contributed by atoms with E-state index >= 15 is 0 Å². The van der Waals surface area contributed by atoms with E-state index in [1.165, 1.54) is 6.07 Å². The number of hydrogen-bond acceptors (Lipinski definition) is 4. The summed E-state index contributed by atoms with van der Waals surface area (Å²) in [5.41, 5.74) is 1.47. The van der Waals surface area contributed by atoms with E-state index in [0.29, 0.717) is 12.0 Å². The second kappa shape index (κ2) is 7.94. The van der Waals surface area contributed by atoms with Gasteiger partial charge >= 0.3 is 6.18 Å². The summed E-state index contributed by atoms with van der Waals surface area (Å²) in [6.45, 7) is 3.83.